The number of carbonyl (C=O) groups is 2. The lowest BCUT2D eigenvalue weighted by Crippen LogP contribution is -2.45. The maximum absolute atomic E-state index is 13.2. The summed E-state index contributed by atoms with van der Waals surface area (Å²) in [5.41, 5.74) is 4.64. The Labute approximate surface area is 234 Å². The molecule has 208 valence electrons. The van der Waals surface area contributed by atoms with Crippen LogP contribution in [0.3, 0.4) is 0 Å². The molecule has 4 heterocycles. The van der Waals surface area contributed by atoms with Crippen LogP contribution < -0.4 is 9.80 Å². The van der Waals surface area contributed by atoms with Crippen molar-refractivity contribution >= 4 is 34.6 Å². The molecule has 0 radical (unpaired) electrons. The highest BCUT2D eigenvalue weighted by Gasteiger charge is 2.29. The molecule has 0 spiro atoms. The molecule has 0 aliphatic carbocycles. The van der Waals surface area contributed by atoms with Gasteiger partial charge in [0, 0.05) is 50.6 Å². The molecular formula is C30H34N6O4. The molecule has 0 atom stereocenters. The minimum absolute atomic E-state index is 0.0300. The fraction of sp³-hybridized carbons (Fsp3) is 0.400. The van der Waals surface area contributed by atoms with Crippen LogP contribution >= 0.6 is 0 Å². The van der Waals surface area contributed by atoms with Gasteiger partial charge in [-0.1, -0.05) is 12.2 Å². The van der Waals surface area contributed by atoms with E-state index in [0.717, 1.165) is 61.8 Å². The number of azo groups is 1. The standard InChI is InChI=1S/C30H34N6O4/c37-29-27(33-15-19-39-20-16-33)3-1-13-35(29)25-9-5-23(6-10-25)31-32-24-7-11-26(12-8-24)36-14-2-4-28(30(36)38)34-17-21-40-22-18-34/h3-12H,1-2,13-22H2/b32-31+. The van der Waals surface area contributed by atoms with Crippen molar-refractivity contribution in [3.05, 3.63) is 72.1 Å². The molecule has 6 rings (SSSR count). The highest BCUT2D eigenvalue weighted by molar-refractivity contribution is 6.06. The van der Waals surface area contributed by atoms with Crippen molar-refractivity contribution in [3.8, 4) is 0 Å². The summed E-state index contributed by atoms with van der Waals surface area (Å²) in [4.78, 5) is 34.2. The molecule has 10 heteroatoms. The monoisotopic (exact) mass is 542 g/mol. The highest BCUT2D eigenvalue weighted by Crippen LogP contribution is 2.29. The van der Waals surface area contributed by atoms with Crippen LogP contribution in [0.15, 0.2) is 82.3 Å². The lowest BCUT2D eigenvalue weighted by Gasteiger charge is -2.35. The molecule has 40 heavy (non-hydrogen) atoms. The number of carbonyl (C=O) groups excluding carboxylic acids is 2. The Bertz CT molecular complexity index is 1210. The van der Waals surface area contributed by atoms with Crippen molar-refractivity contribution in [2.24, 2.45) is 10.2 Å². The lowest BCUT2D eigenvalue weighted by atomic mass is 10.1. The molecule has 4 aliphatic heterocycles. The Balaban J connectivity index is 1.08. The Morgan fingerprint density at radius 3 is 1.27 bits per heavy atom. The van der Waals surface area contributed by atoms with Gasteiger partial charge in [0.2, 0.25) is 0 Å². The fourth-order valence-corrected chi connectivity index (χ4v) is 5.46. The summed E-state index contributed by atoms with van der Waals surface area (Å²) >= 11 is 0. The molecule has 2 aromatic rings. The van der Waals surface area contributed by atoms with Gasteiger partial charge >= 0.3 is 0 Å². The Hall–Kier alpha value is -4.02. The van der Waals surface area contributed by atoms with Crippen LogP contribution in [0.5, 0.6) is 0 Å². The molecule has 10 nitrogen and oxygen atoms in total. The third kappa shape index (κ3) is 5.64. The van der Waals surface area contributed by atoms with E-state index in [9.17, 15) is 9.59 Å². The van der Waals surface area contributed by atoms with Gasteiger partial charge in [-0.3, -0.25) is 9.59 Å². The van der Waals surface area contributed by atoms with E-state index in [1.54, 1.807) is 0 Å². The summed E-state index contributed by atoms with van der Waals surface area (Å²) in [7, 11) is 0. The van der Waals surface area contributed by atoms with Gasteiger partial charge in [0.05, 0.1) is 49.2 Å². The minimum atomic E-state index is 0.0300. The number of hydrogen-bond donors (Lipinski definition) is 0. The van der Waals surface area contributed by atoms with E-state index in [1.165, 1.54) is 0 Å². The van der Waals surface area contributed by atoms with Crippen molar-refractivity contribution < 1.29 is 19.1 Å². The molecule has 2 amide bonds. The van der Waals surface area contributed by atoms with Crippen LogP contribution in [-0.4, -0.2) is 87.3 Å². The first kappa shape index (κ1) is 26.2. The molecule has 0 unspecified atom stereocenters. The highest BCUT2D eigenvalue weighted by atomic mass is 16.5. The second kappa shape index (κ2) is 12.0. The van der Waals surface area contributed by atoms with E-state index in [2.05, 4.69) is 20.0 Å². The number of nitrogens with zero attached hydrogens (tertiary/aromatic N) is 6. The zero-order valence-electron chi connectivity index (χ0n) is 22.6. The van der Waals surface area contributed by atoms with Crippen molar-refractivity contribution in [1.82, 2.24) is 9.80 Å². The van der Waals surface area contributed by atoms with Gasteiger partial charge < -0.3 is 29.1 Å². The molecule has 4 aliphatic rings. The zero-order valence-corrected chi connectivity index (χ0v) is 22.6. The third-order valence-electron chi connectivity index (χ3n) is 7.62. The lowest BCUT2D eigenvalue weighted by molar-refractivity contribution is -0.118. The zero-order chi connectivity index (χ0) is 27.3. The molecular weight excluding hydrogens is 508 g/mol. The number of morpholine rings is 2. The molecule has 0 saturated carbocycles. The first-order valence-corrected chi connectivity index (χ1v) is 14.0. The summed E-state index contributed by atoms with van der Waals surface area (Å²) in [5, 5.41) is 8.76. The second-order valence-corrected chi connectivity index (χ2v) is 10.1. The number of benzene rings is 2. The summed E-state index contributed by atoms with van der Waals surface area (Å²) in [5.74, 6) is 0.0599. The molecule has 0 aromatic heterocycles. The molecule has 2 saturated heterocycles. The van der Waals surface area contributed by atoms with Gasteiger partial charge in [-0.25, -0.2) is 0 Å². The summed E-state index contributed by atoms with van der Waals surface area (Å²) < 4.78 is 10.9. The van der Waals surface area contributed by atoms with Gasteiger partial charge in [-0.2, -0.15) is 10.2 Å². The molecule has 2 fully saturated rings. The number of hydrogen-bond acceptors (Lipinski definition) is 8. The Morgan fingerprint density at radius 1 is 0.525 bits per heavy atom. The van der Waals surface area contributed by atoms with E-state index in [4.69, 9.17) is 9.47 Å². The normalized spacial score (nSPS) is 20.7. The average molecular weight is 543 g/mol. The van der Waals surface area contributed by atoms with E-state index in [0.29, 0.717) is 50.9 Å². The van der Waals surface area contributed by atoms with Crippen LogP contribution in [0.25, 0.3) is 0 Å². The first-order chi connectivity index (χ1) is 19.7. The van der Waals surface area contributed by atoms with Crippen LogP contribution in [0, 0.1) is 0 Å². The summed E-state index contributed by atoms with van der Waals surface area (Å²) in [6.45, 7) is 6.88. The quantitative estimate of drug-likeness (QED) is 0.513. The van der Waals surface area contributed by atoms with E-state index in [1.807, 2.05) is 70.5 Å². The maximum atomic E-state index is 13.2. The molecule has 0 bridgehead atoms. The molecule has 0 N–H and O–H groups in total. The topological polar surface area (TPSA) is 90.3 Å². The number of rotatable bonds is 6. The van der Waals surface area contributed by atoms with Crippen molar-refractivity contribution in [2.45, 2.75) is 12.8 Å². The Morgan fingerprint density at radius 2 is 0.900 bits per heavy atom. The minimum Gasteiger partial charge on any atom is -0.378 e. The van der Waals surface area contributed by atoms with Gasteiger partial charge in [0.1, 0.15) is 0 Å². The van der Waals surface area contributed by atoms with Gasteiger partial charge in [0.15, 0.2) is 0 Å². The van der Waals surface area contributed by atoms with E-state index in [-0.39, 0.29) is 11.8 Å². The van der Waals surface area contributed by atoms with Crippen molar-refractivity contribution in [2.75, 3.05) is 75.5 Å². The predicted octanol–water partition coefficient (Wildman–Crippen LogP) is 4.01. The Kier molecular flexibility index (Phi) is 7.87. The SMILES string of the molecule is O=C1C(N2CCOCC2)=CCCN1c1ccc(/N=N/c2ccc(N3CCC=C(N4CCOCC4)C3=O)cc2)cc1. The first-order valence-electron chi connectivity index (χ1n) is 14.0. The number of ether oxygens (including phenoxy) is 2. The second-order valence-electron chi connectivity index (χ2n) is 10.1. The molecule has 2 aromatic carbocycles. The van der Waals surface area contributed by atoms with Gasteiger partial charge in [0.25, 0.3) is 11.8 Å². The smallest absolute Gasteiger partial charge is 0.274 e. The fourth-order valence-electron chi connectivity index (χ4n) is 5.46. The number of anilines is 2. The van der Waals surface area contributed by atoms with Crippen LogP contribution in [0.1, 0.15) is 12.8 Å². The summed E-state index contributed by atoms with van der Waals surface area (Å²) in [6, 6.07) is 15.2. The van der Waals surface area contributed by atoms with Crippen molar-refractivity contribution in [3.63, 3.8) is 0 Å². The van der Waals surface area contributed by atoms with Crippen LogP contribution in [0.2, 0.25) is 0 Å². The number of amides is 2. The van der Waals surface area contributed by atoms with Gasteiger partial charge in [-0.15, -0.1) is 0 Å². The van der Waals surface area contributed by atoms with Crippen LogP contribution in [-0.2, 0) is 19.1 Å². The third-order valence-corrected chi connectivity index (χ3v) is 7.62. The largest absolute Gasteiger partial charge is 0.378 e. The van der Waals surface area contributed by atoms with Gasteiger partial charge in [-0.05, 0) is 61.4 Å². The van der Waals surface area contributed by atoms with Crippen LogP contribution in [0.4, 0.5) is 22.7 Å². The maximum Gasteiger partial charge on any atom is 0.274 e. The van der Waals surface area contributed by atoms with Crippen molar-refractivity contribution in [1.29, 1.82) is 0 Å². The predicted molar refractivity (Wildman–Crippen MR) is 152 cm³/mol. The summed E-state index contributed by atoms with van der Waals surface area (Å²) in [6.07, 6.45) is 5.73. The van der Waals surface area contributed by atoms with E-state index < -0.39 is 0 Å². The average Bonchev–Trinajstić information content (AvgIpc) is 3.02. The van der Waals surface area contributed by atoms with E-state index >= 15 is 0 Å².